The molecular weight excluding hydrogens is 330 g/mol. The van der Waals surface area contributed by atoms with Gasteiger partial charge < -0.3 is 5.11 Å². The Hall–Kier alpha value is -3.00. The van der Waals surface area contributed by atoms with E-state index >= 15 is 0 Å². The normalized spacial score (nSPS) is 15.6. The maximum absolute atomic E-state index is 9.70. The molecule has 26 heavy (non-hydrogen) atoms. The number of nitrogens with zero attached hydrogens (tertiary/aromatic N) is 7. The maximum Gasteiger partial charge on any atom is 0.149 e. The quantitative estimate of drug-likeness (QED) is 0.595. The van der Waals surface area contributed by atoms with Crippen LogP contribution in [-0.2, 0) is 7.05 Å². The van der Waals surface area contributed by atoms with Crippen LogP contribution in [0.4, 0.5) is 0 Å². The molecule has 1 aliphatic carbocycles. The largest absolute Gasteiger partial charge is 0.394 e. The van der Waals surface area contributed by atoms with Crippen LogP contribution in [0.15, 0.2) is 43.2 Å². The maximum atomic E-state index is 9.70. The molecule has 8 heteroatoms. The molecule has 4 heterocycles. The fourth-order valence-electron chi connectivity index (χ4n) is 3.39. The van der Waals surface area contributed by atoms with Crippen molar-refractivity contribution in [2.45, 2.75) is 18.9 Å². The van der Waals surface area contributed by atoms with E-state index in [0.29, 0.717) is 5.92 Å². The summed E-state index contributed by atoms with van der Waals surface area (Å²) in [7, 11) is 1.88. The van der Waals surface area contributed by atoms with Crippen molar-refractivity contribution in [2.24, 2.45) is 13.0 Å². The summed E-state index contributed by atoms with van der Waals surface area (Å²) < 4.78 is 5.58. The van der Waals surface area contributed by atoms with E-state index < -0.39 is 0 Å². The SMILES string of the molecule is Cn1cc(-c2cc3nccn3c(-c3cnn(C(CO)C4CC4)c3)n2)cn1. The molecule has 1 N–H and O–H groups in total. The van der Waals surface area contributed by atoms with Crippen molar-refractivity contribution in [1.82, 2.24) is 33.9 Å². The van der Waals surface area contributed by atoms with Crippen molar-refractivity contribution in [3.05, 3.63) is 43.2 Å². The van der Waals surface area contributed by atoms with E-state index in [9.17, 15) is 5.11 Å². The zero-order valence-electron chi connectivity index (χ0n) is 14.4. The molecule has 5 rings (SSSR count). The van der Waals surface area contributed by atoms with Gasteiger partial charge in [0.25, 0.3) is 0 Å². The Balaban J connectivity index is 1.62. The van der Waals surface area contributed by atoms with Crippen LogP contribution in [0, 0.1) is 5.92 Å². The predicted octanol–water partition coefficient (Wildman–Crippen LogP) is 1.94. The second kappa shape index (κ2) is 5.77. The molecule has 8 nitrogen and oxygen atoms in total. The van der Waals surface area contributed by atoms with Crippen LogP contribution < -0.4 is 0 Å². The van der Waals surface area contributed by atoms with Gasteiger partial charge in [0.1, 0.15) is 11.5 Å². The molecule has 0 spiro atoms. The Bertz CT molecular complexity index is 1070. The van der Waals surface area contributed by atoms with Crippen LogP contribution >= 0.6 is 0 Å². The Morgan fingerprint density at radius 1 is 1.19 bits per heavy atom. The average Bonchev–Trinajstić information content (AvgIpc) is 3.04. The number of hydrogen-bond acceptors (Lipinski definition) is 5. The predicted molar refractivity (Wildman–Crippen MR) is 95.3 cm³/mol. The molecule has 0 amide bonds. The van der Waals surface area contributed by atoms with Crippen molar-refractivity contribution in [3.63, 3.8) is 0 Å². The van der Waals surface area contributed by atoms with E-state index in [1.807, 2.05) is 40.8 Å². The van der Waals surface area contributed by atoms with E-state index in [1.54, 1.807) is 23.3 Å². The van der Waals surface area contributed by atoms with Crippen LogP contribution in [0.1, 0.15) is 18.9 Å². The lowest BCUT2D eigenvalue weighted by atomic mass is 10.2. The lowest BCUT2D eigenvalue weighted by Crippen LogP contribution is -2.15. The molecule has 0 saturated heterocycles. The fraction of sp³-hybridized carbons (Fsp3) is 0.333. The summed E-state index contributed by atoms with van der Waals surface area (Å²) in [5.41, 5.74) is 3.48. The molecule has 1 saturated carbocycles. The van der Waals surface area contributed by atoms with Gasteiger partial charge in [-0.05, 0) is 18.8 Å². The Labute approximate surface area is 149 Å². The van der Waals surface area contributed by atoms with Crippen molar-refractivity contribution >= 4 is 5.65 Å². The van der Waals surface area contributed by atoms with E-state index in [-0.39, 0.29) is 12.6 Å². The lowest BCUT2D eigenvalue weighted by molar-refractivity contribution is 0.202. The molecule has 0 aliphatic heterocycles. The van der Waals surface area contributed by atoms with E-state index in [4.69, 9.17) is 4.98 Å². The van der Waals surface area contributed by atoms with Crippen LogP contribution in [0.3, 0.4) is 0 Å². The third kappa shape index (κ3) is 2.50. The van der Waals surface area contributed by atoms with Gasteiger partial charge in [0.15, 0.2) is 0 Å². The molecule has 1 aliphatic rings. The number of aliphatic hydroxyl groups excluding tert-OH is 1. The van der Waals surface area contributed by atoms with Gasteiger partial charge in [-0.1, -0.05) is 0 Å². The highest BCUT2D eigenvalue weighted by molar-refractivity contribution is 5.68. The average molecular weight is 349 g/mol. The Morgan fingerprint density at radius 3 is 2.77 bits per heavy atom. The molecule has 4 aromatic heterocycles. The minimum Gasteiger partial charge on any atom is -0.394 e. The number of hydrogen-bond donors (Lipinski definition) is 1. The van der Waals surface area contributed by atoms with Gasteiger partial charge in [0, 0.05) is 43.5 Å². The first-order valence-corrected chi connectivity index (χ1v) is 8.71. The van der Waals surface area contributed by atoms with E-state index in [1.165, 1.54) is 0 Å². The number of fused-ring (bicyclic) bond motifs is 1. The zero-order chi connectivity index (χ0) is 17.7. The summed E-state index contributed by atoms with van der Waals surface area (Å²) in [6.45, 7) is 0.107. The second-order valence-electron chi connectivity index (χ2n) is 6.82. The number of aryl methyl sites for hydroxylation is 1. The Morgan fingerprint density at radius 2 is 2.04 bits per heavy atom. The molecule has 1 fully saturated rings. The first kappa shape index (κ1) is 15.3. The van der Waals surface area contributed by atoms with Crippen LogP contribution in [0.25, 0.3) is 28.3 Å². The first-order chi connectivity index (χ1) is 12.7. The summed E-state index contributed by atoms with van der Waals surface area (Å²) in [5.74, 6) is 1.30. The van der Waals surface area contributed by atoms with Gasteiger partial charge in [0.05, 0.1) is 36.3 Å². The first-order valence-electron chi connectivity index (χ1n) is 8.71. The summed E-state index contributed by atoms with van der Waals surface area (Å²) in [5, 5.41) is 18.4. The molecule has 4 aromatic rings. The molecule has 0 aromatic carbocycles. The van der Waals surface area contributed by atoms with Crippen molar-refractivity contribution < 1.29 is 5.11 Å². The number of aliphatic hydroxyl groups is 1. The van der Waals surface area contributed by atoms with Gasteiger partial charge in [-0.15, -0.1) is 0 Å². The smallest absolute Gasteiger partial charge is 0.149 e. The van der Waals surface area contributed by atoms with E-state index in [0.717, 1.165) is 41.1 Å². The van der Waals surface area contributed by atoms with Gasteiger partial charge in [-0.3, -0.25) is 13.8 Å². The summed E-state index contributed by atoms with van der Waals surface area (Å²) in [4.78, 5) is 9.26. The second-order valence-corrected chi connectivity index (χ2v) is 6.82. The van der Waals surface area contributed by atoms with Gasteiger partial charge >= 0.3 is 0 Å². The number of imidazole rings is 1. The minimum atomic E-state index is 0.0449. The highest BCUT2D eigenvalue weighted by Crippen LogP contribution is 2.39. The molecule has 132 valence electrons. The lowest BCUT2D eigenvalue weighted by Gasteiger charge is -2.13. The van der Waals surface area contributed by atoms with Crippen LogP contribution in [-0.4, -0.2) is 45.6 Å². The molecule has 1 unspecified atom stereocenters. The van der Waals surface area contributed by atoms with Crippen LogP contribution in [0.5, 0.6) is 0 Å². The highest BCUT2D eigenvalue weighted by atomic mass is 16.3. The third-order valence-corrected chi connectivity index (χ3v) is 4.94. The standard InChI is InChI=1S/C18H19N7O/c1-23-9-13(7-20-23)15-6-17-19-4-5-24(17)18(22-15)14-8-21-25(10-14)16(11-26)12-2-3-12/h4-10,12,16,26H,2-3,11H2,1H3. The summed E-state index contributed by atoms with van der Waals surface area (Å²) in [6.07, 6.45) is 13.5. The molecule has 1 atom stereocenters. The molecular formula is C18H19N7O. The zero-order valence-corrected chi connectivity index (χ0v) is 14.4. The van der Waals surface area contributed by atoms with Gasteiger partial charge in [-0.25, -0.2) is 9.97 Å². The third-order valence-electron chi connectivity index (χ3n) is 4.94. The number of rotatable bonds is 5. The summed E-state index contributed by atoms with van der Waals surface area (Å²) >= 11 is 0. The molecule has 0 radical (unpaired) electrons. The monoisotopic (exact) mass is 349 g/mol. The van der Waals surface area contributed by atoms with Crippen LogP contribution in [0.2, 0.25) is 0 Å². The minimum absolute atomic E-state index is 0.0449. The summed E-state index contributed by atoms with van der Waals surface area (Å²) in [6, 6.07) is 1.99. The van der Waals surface area contributed by atoms with Gasteiger partial charge in [0.2, 0.25) is 0 Å². The van der Waals surface area contributed by atoms with Crippen molar-refractivity contribution in [3.8, 4) is 22.6 Å². The van der Waals surface area contributed by atoms with E-state index in [2.05, 4.69) is 15.2 Å². The molecule has 0 bridgehead atoms. The number of aromatic nitrogens is 7. The van der Waals surface area contributed by atoms with Crippen molar-refractivity contribution in [2.75, 3.05) is 6.61 Å². The van der Waals surface area contributed by atoms with Crippen molar-refractivity contribution in [1.29, 1.82) is 0 Å². The highest BCUT2D eigenvalue weighted by Gasteiger charge is 2.32. The topological polar surface area (TPSA) is 86.1 Å². The Kier molecular flexibility index (Phi) is 3.39. The fourth-order valence-corrected chi connectivity index (χ4v) is 3.39. The van der Waals surface area contributed by atoms with Gasteiger partial charge in [-0.2, -0.15) is 10.2 Å².